The summed E-state index contributed by atoms with van der Waals surface area (Å²) in [5.74, 6) is -0.523. The molecule has 0 aliphatic carbocycles. The van der Waals surface area contributed by atoms with E-state index in [2.05, 4.69) is 16.2 Å². The third kappa shape index (κ3) is 17.8. The molecule has 0 bridgehead atoms. The highest BCUT2D eigenvalue weighted by atomic mass is 31.2. The molecule has 0 saturated heterocycles. The van der Waals surface area contributed by atoms with Gasteiger partial charge in [-0.15, -0.1) is 0 Å². The van der Waals surface area contributed by atoms with Crippen LogP contribution < -0.4 is 0 Å². The van der Waals surface area contributed by atoms with Gasteiger partial charge in [0, 0.05) is 6.42 Å². The van der Waals surface area contributed by atoms with E-state index in [9.17, 15) is 19.0 Å². The number of carbonyl (C=O) groups is 2. The van der Waals surface area contributed by atoms with E-state index in [4.69, 9.17) is 19.5 Å². The fourth-order valence-electron chi connectivity index (χ4n) is 2.54. The molecule has 0 heterocycles. The van der Waals surface area contributed by atoms with Crippen LogP contribution in [0.1, 0.15) is 71.1 Å². The van der Waals surface area contributed by atoms with E-state index in [0.29, 0.717) is 6.42 Å². The fraction of sp³-hybridized carbons (Fsp3) is 0.895. The molecule has 0 aromatic heterocycles. The van der Waals surface area contributed by atoms with Gasteiger partial charge in [-0.2, -0.15) is 0 Å². The maximum absolute atomic E-state index is 12.0. The summed E-state index contributed by atoms with van der Waals surface area (Å²) in [6, 6.07) is 0. The Balaban J connectivity index is 4.12. The van der Waals surface area contributed by atoms with Crippen LogP contribution in [0.25, 0.3) is 0 Å². The molecule has 0 fully saturated rings. The SMILES string of the molecule is CCCCCCCCCCCC(=O)O[C@H](COC=O)COP(=O)(O)OC[C@@H](O)CO. The van der Waals surface area contributed by atoms with Crippen LogP contribution in [0, 0.1) is 0 Å². The van der Waals surface area contributed by atoms with Crippen molar-refractivity contribution in [1.82, 2.24) is 0 Å². The molecule has 178 valence electrons. The van der Waals surface area contributed by atoms with E-state index in [-0.39, 0.29) is 19.5 Å². The average molecular weight is 456 g/mol. The van der Waals surface area contributed by atoms with E-state index in [1.807, 2.05) is 0 Å². The molecule has 0 rings (SSSR count). The Bertz CT molecular complexity index is 488. The van der Waals surface area contributed by atoms with Crippen LogP contribution in [0.4, 0.5) is 0 Å². The van der Waals surface area contributed by atoms with E-state index >= 15 is 0 Å². The van der Waals surface area contributed by atoms with Crippen molar-refractivity contribution in [2.45, 2.75) is 83.3 Å². The van der Waals surface area contributed by atoms with Crippen molar-refractivity contribution in [1.29, 1.82) is 0 Å². The van der Waals surface area contributed by atoms with Gasteiger partial charge in [0.15, 0.2) is 6.10 Å². The van der Waals surface area contributed by atoms with Gasteiger partial charge in [-0.05, 0) is 6.42 Å². The number of phosphoric ester groups is 1. The van der Waals surface area contributed by atoms with Gasteiger partial charge in [-0.3, -0.25) is 18.6 Å². The fourth-order valence-corrected chi connectivity index (χ4v) is 3.32. The van der Waals surface area contributed by atoms with Gasteiger partial charge in [-0.25, -0.2) is 4.57 Å². The van der Waals surface area contributed by atoms with Gasteiger partial charge in [0.1, 0.15) is 12.7 Å². The molecular formula is C19H37O10P. The molecule has 3 atom stereocenters. The molecule has 0 aliphatic rings. The minimum atomic E-state index is -4.54. The van der Waals surface area contributed by atoms with Crippen LogP contribution in [0.15, 0.2) is 0 Å². The van der Waals surface area contributed by atoms with Crippen LogP contribution in [-0.4, -0.2) is 66.2 Å². The lowest BCUT2D eigenvalue weighted by atomic mass is 10.1. The van der Waals surface area contributed by atoms with Gasteiger partial charge >= 0.3 is 13.8 Å². The highest BCUT2D eigenvalue weighted by Gasteiger charge is 2.26. The molecular weight excluding hydrogens is 419 g/mol. The summed E-state index contributed by atoms with van der Waals surface area (Å²) in [5.41, 5.74) is 0. The normalized spacial score (nSPS) is 15.2. The second kappa shape index (κ2) is 18.7. The predicted octanol–water partition coefficient (Wildman–Crippen LogP) is 2.48. The molecule has 0 radical (unpaired) electrons. The van der Waals surface area contributed by atoms with Crippen LogP contribution in [0.5, 0.6) is 0 Å². The zero-order chi connectivity index (χ0) is 22.7. The Kier molecular flexibility index (Phi) is 18.1. The maximum Gasteiger partial charge on any atom is 0.472 e. The van der Waals surface area contributed by atoms with Crippen molar-refractivity contribution < 1.29 is 47.8 Å². The summed E-state index contributed by atoms with van der Waals surface area (Å²) in [6.45, 7) is 0.201. The van der Waals surface area contributed by atoms with E-state index in [0.717, 1.165) is 19.3 Å². The third-order valence-electron chi connectivity index (χ3n) is 4.20. The highest BCUT2D eigenvalue weighted by molar-refractivity contribution is 7.47. The zero-order valence-corrected chi connectivity index (χ0v) is 18.7. The maximum atomic E-state index is 12.0. The van der Waals surface area contributed by atoms with Crippen molar-refractivity contribution in [3.8, 4) is 0 Å². The molecule has 0 aromatic rings. The molecule has 0 aliphatic heterocycles. The summed E-state index contributed by atoms with van der Waals surface area (Å²) in [7, 11) is -4.54. The number of rotatable bonds is 21. The Morgan fingerprint density at radius 1 is 0.967 bits per heavy atom. The van der Waals surface area contributed by atoms with Gasteiger partial charge < -0.3 is 24.6 Å². The van der Waals surface area contributed by atoms with Crippen molar-refractivity contribution in [3.63, 3.8) is 0 Å². The number of esters is 1. The zero-order valence-electron chi connectivity index (χ0n) is 17.8. The van der Waals surface area contributed by atoms with Gasteiger partial charge in [0.25, 0.3) is 6.47 Å². The second-order valence-corrected chi connectivity index (χ2v) is 8.47. The van der Waals surface area contributed by atoms with Crippen LogP contribution in [-0.2, 0) is 32.7 Å². The Labute approximate surface area is 178 Å². The van der Waals surface area contributed by atoms with E-state index < -0.39 is 45.8 Å². The van der Waals surface area contributed by atoms with Gasteiger partial charge in [-0.1, -0.05) is 58.3 Å². The second-order valence-electron chi connectivity index (χ2n) is 7.02. The summed E-state index contributed by atoms with van der Waals surface area (Å²) >= 11 is 0. The van der Waals surface area contributed by atoms with Crippen LogP contribution in [0.2, 0.25) is 0 Å². The molecule has 0 amide bonds. The quantitative estimate of drug-likeness (QED) is 0.102. The van der Waals surface area contributed by atoms with Crippen molar-refractivity contribution in [2.75, 3.05) is 26.4 Å². The number of hydrogen-bond acceptors (Lipinski definition) is 9. The lowest BCUT2D eigenvalue weighted by Gasteiger charge is -2.19. The third-order valence-corrected chi connectivity index (χ3v) is 5.15. The first-order valence-corrected chi connectivity index (χ1v) is 12.0. The molecule has 30 heavy (non-hydrogen) atoms. The summed E-state index contributed by atoms with van der Waals surface area (Å²) in [5, 5.41) is 17.8. The summed E-state index contributed by atoms with van der Waals surface area (Å²) < 4.78 is 30.6. The highest BCUT2D eigenvalue weighted by Crippen LogP contribution is 2.43. The Morgan fingerprint density at radius 3 is 2.10 bits per heavy atom. The molecule has 0 aromatic carbocycles. The number of aliphatic hydroxyl groups is 2. The number of phosphoric acid groups is 1. The largest absolute Gasteiger partial charge is 0.472 e. The van der Waals surface area contributed by atoms with E-state index in [1.54, 1.807) is 0 Å². The first kappa shape index (κ1) is 29.0. The minimum Gasteiger partial charge on any atom is -0.464 e. The van der Waals surface area contributed by atoms with Crippen molar-refractivity contribution in [3.05, 3.63) is 0 Å². The minimum absolute atomic E-state index is 0.161. The topological polar surface area (TPSA) is 149 Å². The van der Waals surface area contributed by atoms with E-state index in [1.165, 1.54) is 32.1 Å². The lowest BCUT2D eigenvalue weighted by Crippen LogP contribution is -2.28. The first-order chi connectivity index (χ1) is 14.3. The smallest absolute Gasteiger partial charge is 0.464 e. The monoisotopic (exact) mass is 456 g/mol. The standard InChI is InChI=1S/C19H37O10P/c1-2-3-4-5-6-7-8-9-10-11-19(23)29-18(14-26-16-21)15-28-30(24,25)27-13-17(22)12-20/h16-18,20,22H,2-15H2,1H3,(H,24,25)/t17-,18+/m0/s1. The molecule has 1 unspecified atom stereocenters. The van der Waals surface area contributed by atoms with Crippen LogP contribution in [0.3, 0.4) is 0 Å². The summed E-state index contributed by atoms with van der Waals surface area (Å²) in [6.07, 6.45) is 7.73. The molecule has 10 nitrogen and oxygen atoms in total. The Morgan fingerprint density at radius 2 is 1.53 bits per heavy atom. The molecule has 3 N–H and O–H groups in total. The number of ether oxygens (including phenoxy) is 2. The van der Waals surface area contributed by atoms with Crippen molar-refractivity contribution >= 4 is 20.3 Å². The van der Waals surface area contributed by atoms with Crippen molar-refractivity contribution in [2.24, 2.45) is 0 Å². The molecule has 0 spiro atoms. The average Bonchev–Trinajstić information content (AvgIpc) is 2.72. The van der Waals surface area contributed by atoms with Crippen LogP contribution >= 0.6 is 7.82 Å². The number of aliphatic hydroxyl groups excluding tert-OH is 2. The summed E-state index contributed by atoms with van der Waals surface area (Å²) in [4.78, 5) is 31.9. The Hall–Kier alpha value is -1.03. The van der Waals surface area contributed by atoms with Gasteiger partial charge in [0.05, 0.1) is 19.8 Å². The molecule has 11 heteroatoms. The number of hydrogen-bond donors (Lipinski definition) is 3. The molecule has 0 saturated carbocycles. The number of carbonyl (C=O) groups excluding carboxylic acids is 2. The lowest BCUT2D eigenvalue weighted by molar-refractivity contribution is -0.157. The predicted molar refractivity (Wildman–Crippen MR) is 109 cm³/mol. The first-order valence-electron chi connectivity index (χ1n) is 10.5. The van der Waals surface area contributed by atoms with Gasteiger partial charge in [0.2, 0.25) is 0 Å². The number of unbranched alkanes of at least 4 members (excludes halogenated alkanes) is 8.